The molecule has 2 saturated carbocycles. The van der Waals surface area contributed by atoms with Crippen LogP contribution in [0.2, 0.25) is 0 Å². The van der Waals surface area contributed by atoms with Crippen LogP contribution >= 0.6 is 0 Å². The Kier molecular flexibility index (Phi) is 2.01. The van der Waals surface area contributed by atoms with E-state index < -0.39 is 35.7 Å². The Bertz CT molecular complexity index is 294. The van der Waals surface area contributed by atoms with Crippen molar-refractivity contribution in [3.05, 3.63) is 12.2 Å². The molecular weight excluding hydrogens is 190 g/mol. The van der Waals surface area contributed by atoms with Crippen molar-refractivity contribution in [2.45, 2.75) is 25.2 Å². The van der Waals surface area contributed by atoms with Crippen LogP contribution in [0, 0.1) is 11.8 Å². The molecule has 2 fully saturated rings. The highest BCUT2D eigenvalue weighted by Crippen LogP contribution is 2.42. The number of allylic oxidation sites excluding steroid dienone is 1. The van der Waals surface area contributed by atoms with E-state index in [1.165, 1.54) is 0 Å². The van der Waals surface area contributed by atoms with Gasteiger partial charge in [0.05, 0.1) is 17.4 Å². The smallest absolute Gasteiger partial charge is 0.172 e. The van der Waals surface area contributed by atoms with Crippen LogP contribution in [-0.2, 0) is 9.59 Å². The summed E-state index contributed by atoms with van der Waals surface area (Å²) in [4.78, 5) is 22.8. The van der Waals surface area contributed by atoms with Crippen LogP contribution in [0.5, 0.6) is 0 Å². The second-order valence-corrected chi connectivity index (χ2v) is 3.87. The lowest BCUT2D eigenvalue weighted by atomic mass is 9.78. The zero-order chi connectivity index (χ0) is 10.5. The van der Waals surface area contributed by atoms with E-state index in [1.807, 2.05) is 0 Å². The number of halogens is 2. The van der Waals surface area contributed by atoms with Crippen molar-refractivity contribution in [1.82, 2.24) is 0 Å². The first-order valence-corrected chi connectivity index (χ1v) is 4.59. The molecule has 0 bridgehead atoms. The topological polar surface area (TPSA) is 34.1 Å². The molecule has 0 aromatic carbocycles. The molecule has 4 unspecified atom stereocenters. The molecule has 0 aromatic heterocycles. The minimum absolute atomic E-state index is 0.0225. The highest BCUT2D eigenvalue weighted by molar-refractivity contribution is 6.27. The van der Waals surface area contributed by atoms with Gasteiger partial charge >= 0.3 is 0 Å². The molecule has 0 spiro atoms. The maximum atomic E-state index is 13.3. The summed E-state index contributed by atoms with van der Waals surface area (Å²) < 4.78 is 26.7. The van der Waals surface area contributed by atoms with E-state index >= 15 is 0 Å². The molecule has 0 amide bonds. The van der Waals surface area contributed by atoms with Crippen molar-refractivity contribution in [1.29, 1.82) is 0 Å². The monoisotopic (exact) mass is 200 g/mol. The largest absolute Gasteiger partial charge is 0.294 e. The second kappa shape index (κ2) is 2.97. The van der Waals surface area contributed by atoms with Gasteiger partial charge in [0, 0.05) is 0 Å². The number of carbonyl (C=O) groups is 2. The summed E-state index contributed by atoms with van der Waals surface area (Å²) in [6.45, 7) is 3.28. The Hall–Kier alpha value is -1.06. The van der Waals surface area contributed by atoms with Crippen molar-refractivity contribution in [3.63, 3.8) is 0 Å². The average molecular weight is 200 g/mol. The lowest BCUT2D eigenvalue weighted by Gasteiger charge is -2.28. The Morgan fingerprint density at radius 1 is 1.00 bits per heavy atom. The van der Waals surface area contributed by atoms with E-state index in [0.29, 0.717) is 0 Å². The predicted octanol–water partition coefficient (Wildman–Crippen LogP) is 1.40. The molecule has 2 rings (SSSR count). The third kappa shape index (κ3) is 1.06. The maximum absolute atomic E-state index is 13.3. The minimum Gasteiger partial charge on any atom is -0.294 e. The number of ketones is 2. The van der Waals surface area contributed by atoms with E-state index in [2.05, 4.69) is 6.58 Å². The van der Waals surface area contributed by atoms with Crippen LogP contribution in [0.4, 0.5) is 8.78 Å². The highest BCUT2D eigenvalue weighted by Gasteiger charge is 2.54. The fraction of sp³-hybridized carbons (Fsp3) is 0.600. The molecule has 4 heteroatoms. The minimum atomic E-state index is -1.39. The van der Waals surface area contributed by atoms with E-state index in [0.717, 1.165) is 0 Å². The molecule has 14 heavy (non-hydrogen) atoms. The molecule has 0 heterocycles. The quantitative estimate of drug-likeness (QED) is 0.437. The standard InChI is InChI=1S/C10H10F2O2/c1-4-9(13)7-5(11)2-3-6(12)8(7)10(4)14/h5-8H,1-3H2. The van der Waals surface area contributed by atoms with Crippen molar-refractivity contribution >= 4 is 11.6 Å². The van der Waals surface area contributed by atoms with Gasteiger partial charge in [-0.25, -0.2) is 8.78 Å². The molecule has 4 atom stereocenters. The summed E-state index contributed by atoms with van der Waals surface area (Å²) in [6.07, 6.45) is -2.73. The van der Waals surface area contributed by atoms with Gasteiger partial charge < -0.3 is 0 Å². The van der Waals surface area contributed by atoms with Gasteiger partial charge in [0.2, 0.25) is 0 Å². The number of alkyl halides is 2. The Morgan fingerprint density at radius 2 is 1.36 bits per heavy atom. The first-order valence-electron chi connectivity index (χ1n) is 4.59. The van der Waals surface area contributed by atoms with Gasteiger partial charge in [0.25, 0.3) is 0 Å². The first kappa shape index (κ1) is 9.49. The molecule has 0 saturated heterocycles. The van der Waals surface area contributed by atoms with Crippen LogP contribution in [0.25, 0.3) is 0 Å². The first-order chi connectivity index (χ1) is 6.54. The van der Waals surface area contributed by atoms with Gasteiger partial charge in [0.15, 0.2) is 11.6 Å². The van der Waals surface area contributed by atoms with Crippen LogP contribution in [-0.4, -0.2) is 23.9 Å². The molecule has 0 aromatic rings. The lowest BCUT2D eigenvalue weighted by molar-refractivity contribution is -0.126. The van der Waals surface area contributed by atoms with Crippen molar-refractivity contribution in [3.8, 4) is 0 Å². The summed E-state index contributed by atoms with van der Waals surface area (Å²) in [5.41, 5.74) is -0.229. The van der Waals surface area contributed by atoms with Crippen molar-refractivity contribution < 1.29 is 18.4 Å². The van der Waals surface area contributed by atoms with Crippen LogP contribution < -0.4 is 0 Å². The fourth-order valence-electron chi connectivity index (χ4n) is 2.31. The molecule has 0 radical (unpaired) electrons. The normalized spacial score (nSPS) is 42.9. The Labute approximate surface area is 80.0 Å². The molecule has 0 aliphatic heterocycles. The van der Waals surface area contributed by atoms with Crippen LogP contribution in [0.1, 0.15) is 12.8 Å². The fourth-order valence-corrected chi connectivity index (χ4v) is 2.31. The van der Waals surface area contributed by atoms with Gasteiger partial charge in [-0.05, 0) is 12.8 Å². The Balaban J connectivity index is 2.39. The Morgan fingerprint density at radius 3 is 1.71 bits per heavy atom. The summed E-state index contributed by atoms with van der Waals surface area (Å²) in [5, 5.41) is 0. The van der Waals surface area contributed by atoms with Gasteiger partial charge in [-0.3, -0.25) is 9.59 Å². The number of fused-ring (bicyclic) bond motifs is 1. The molecule has 0 N–H and O–H groups in total. The van der Waals surface area contributed by atoms with Crippen molar-refractivity contribution in [2.24, 2.45) is 11.8 Å². The summed E-state index contributed by atoms with van der Waals surface area (Å²) >= 11 is 0. The summed E-state index contributed by atoms with van der Waals surface area (Å²) in [6, 6.07) is 0. The highest BCUT2D eigenvalue weighted by atomic mass is 19.1. The number of hydrogen-bond donors (Lipinski definition) is 0. The van der Waals surface area contributed by atoms with E-state index in [-0.39, 0.29) is 18.4 Å². The van der Waals surface area contributed by atoms with E-state index in [4.69, 9.17) is 0 Å². The summed E-state index contributed by atoms with van der Waals surface area (Å²) in [5.74, 6) is -3.40. The zero-order valence-electron chi connectivity index (χ0n) is 7.50. The molecule has 2 aliphatic carbocycles. The van der Waals surface area contributed by atoms with Gasteiger partial charge in [-0.15, -0.1) is 0 Å². The van der Waals surface area contributed by atoms with Gasteiger partial charge in [-0.1, -0.05) is 6.58 Å². The van der Waals surface area contributed by atoms with E-state index in [9.17, 15) is 18.4 Å². The van der Waals surface area contributed by atoms with Gasteiger partial charge in [0.1, 0.15) is 12.3 Å². The molecule has 76 valence electrons. The SMILES string of the molecule is C=C1C(=O)C2C(F)CCC(F)C2C1=O. The maximum Gasteiger partial charge on any atom is 0.172 e. The van der Waals surface area contributed by atoms with Crippen molar-refractivity contribution in [2.75, 3.05) is 0 Å². The number of Topliss-reactive ketones (excluding diaryl/α,β-unsaturated/α-hetero) is 2. The molecule has 2 aliphatic rings. The number of carbonyl (C=O) groups excluding carboxylic acids is 2. The number of hydrogen-bond acceptors (Lipinski definition) is 2. The summed E-state index contributed by atoms with van der Waals surface area (Å²) in [7, 11) is 0. The third-order valence-corrected chi connectivity index (χ3v) is 3.08. The average Bonchev–Trinajstić information content (AvgIpc) is 2.38. The van der Waals surface area contributed by atoms with Crippen LogP contribution in [0.15, 0.2) is 12.2 Å². The molecular formula is C10H10F2O2. The van der Waals surface area contributed by atoms with E-state index in [1.54, 1.807) is 0 Å². The second-order valence-electron chi connectivity index (χ2n) is 3.87. The third-order valence-electron chi connectivity index (χ3n) is 3.08. The lowest BCUT2D eigenvalue weighted by Crippen LogP contribution is -2.38. The predicted molar refractivity (Wildman–Crippen MR) is 45.2 cm³/mol. The zero-order valence-corrected chi connectivity index (χ0v) is 7.50. The van der Waals surface area contributed by atoms with Gasteiger partial charge in [-0.2, -0.15) is 0 Å². The molecule has 2 nitrogen and oxygen atoms in total. The van der Waals surface area contributed by atoms with Crippen LogP contribution in [0.3, 0.4) is 0 Å². The number of rotatable bonds is 0.